The number of hydrogen-bond acceptors (Lipinski definition) is 5. The molecule has 0 fully saturated rings. The molecular formula is C21H21N5O4. The number of anilines is 3. The second kappa shape index (κ2) is 9.99. The lowest BCUT2D eigenvalue weighted by Crippen LogP contribution is -2.27. The number of rotatable bonds is 7. The third kappa shape index (κ3) is 5.76. The molecule has 0 atom stereocenters. The van der Waals surface area contributed by atoms with E-state index in [0.717, 1.165) is 0 Å². The molecule has 0 spiro atoms. The molecule has 0 radical (unpaired) electrons. The van der Waals surface area contributed by atoms with Crippen molar-refractivity contribution in [1.82, 2.24) is 9.78 Å². The fourth-order valence-electron chi connectivity index (χ4n) is 2.59. The maximum Gasteiger partial charge on any atom is 0.323 e. The highest BCUT2D eigenvalue weighted by Gasteiger charge is 2.11. The summed E-state index contributed by atoms with van der Waals surface area (Å²) >= 11 is 0. The minimum atomic E-state index is -0.480. The highest BCUT2D eigenvalue weighted by Crippen LogP contribution is 2.16. The summed E-state index contributed by atoms with van der Waals surface area (Å²) in [5.41, 5.74) is 1.40. The third-order valence-electron chi connectivity index (χ3n) is 4.02. The normalized spacial score (nSPS) is 10.3. The van der Waals surface area contributed by atoms with Gasteiger partial charge < -0.3 is 20.7 Å². The zero-order valence-electron chi connectivity index (χ0n) is 16.3. The quantitative estimate of drug-likeness (QED) is 0.557. The zero-order valence-corrected chi connectivity index (χ0v) is 16.3. The van der Waals surface area contributed by atoms with Crippen molar-refractivity contribution in [1.29, 1.82) is 0 Å². The van der Waals surface area contributed by atoms with Gasteiger partial charge in [-0.15, -0.1) is 0 Å². The molecule has 2 aromatic carbocycles. The number of urea groups is 1. The first-order chi connectivity index (χ1) is 14.5. The summed E-state index contributed by atoms with van der Waals surface area (Å²) in [5, 5.41) is 12.2. The van der Waals surface area contributed by atoms with E-state index in [1.54, 1.807) is 36.4 Å². The largest absolute Gasteiger partial charge is 0.383 e. The molecule has 1 heterocycles. The molecule has 0 aliphatic carbocycles. The number of aromatic nitrogens is 2. The topological polar surface area (TPSA) is 114 Å². The van der Waals surface area contributed by atoms with Gasteiger partial charge in [0, 0.05) is 30.2 Å². The number of amides is 3. The van der Waals surface area contributed by atoms with Crippen LogP contribution in [0, 0.1) is 0 Å². The number of benzene rings is 2. The van der Waals surface area contributed by atoms with Crippen molar-refractivity contribution >= 4 is 29.0 Å². The number of carbonyl (C=O) groups excluding carboxylic acids is 2. The predicted octanol–water partition coefficient (Wildman–Crippen LogP) is 2.79. The van der Waals surface area contributed by atoms with E-state index in [0.29, 0.717) is 23.7 Å². The Kier molecular flexibility index (Phi) is 6.91. The lowest BCUT2D eigenvalue weighted by Gasteiger charge is -2.10. The summed E-state index contributed by atoms with van der Waals surface area (Å²) in [6.07, 6.45) is 0. The summed E-state index contributed by atoms with van der Waals surface area (Å²) in [7, 11) is 1.52. The second-order valence-corrected chi connectivity index (χ2v) is 6.25. The molecule has 0 aliphatic rings. The Morgan fingerprint density at radius 2 is 1.57 bits per heavy atom. The van der Waals surface area contributed by atoms with Crippen LogP contribution in [0.4, 0.5) is 21.9 Å². The van der Waals surface area contributed by atoms with Gasteiger partial charge in [-0.25, -0.2) is 9.48 Å². The molecule has 3 aromatic rings. The molecule has 1 aromatic heterocycles. The molecule has 0 saturated heterocycles. The molecule has 3 rings (SSSR count). The van der Waals surface area contributed by atoms with Crippen LogP contribution >= 0.6 is 0 Å². The molecule has 0 bridgehead atoms. The molecular weight excluding hydrogens is 386 g/mol. The summed E-state index contributed by atoms with van der Waals surface area (Å²) < 4.78 is 6.11. The van der Waals surface area contributed by atoms with Crippen LogP contribution in [-0.2, 0) is 11.3 Å². The van der Waals surface area contributed by atoms with E-state index in [1.165, 1.54) is 23.9 Å². The fraction of sp³-hybridized carbons (Fsp3) is 0.143. The highest BCUT2D eigenvalue weighted by atomic mass is 16.5. The first-order valence-corrected chi connectivity index (χ1v) is 9.17. The van der Waals surface area contributed by atoms with Gasteiger partial charge in [-0.1, -0.05) is 24.3 Å². The number of methoxy groups -OCH3 is 1. The molecule has 9 nitrogen and oxygen atoms in total. The Bertz CT molecular complexity index is 1080. The average molecular weight is 407 g/mol. The van der Waals surface area contributed by atoms with Gasteiger partial charge >= 0.3 is 6.03 Å². The second-order valence-electron chi connectivity index (χ2n) is 6.25. The van der Waals surface area contributed by atoms with Crippen LogP contribution < -0.4 is 21.5 Å². The Morgan fingerprint density at radius 3 is 2.30 bits per heavy atom. The van der Waals surface area contributed by atoms with Crippen molar-refractivity contribution in [3.05, 3.63) is 82.8 Å². The van der Waals surface area contributed by atoms with Crippen LogP contribution in [0.2, 0.25) is 0 Å². The number of ether oxygens (including phenoxy) is 1. The van der Waals surface area contributed by atoms with Gasteiger partial charge in [-0.05, 0) is 36.4 Å². The van der Waals surface area contributed by atoms with Crippen LogP contribution in [0.5, 0.6) is 0 Å². The maximum atomic E-state index is 12.5. The van der Waals surface area contributed by atoms with E-state index in [2.05, 4.69) is 21.0 Å². The van der Waals surface area contributed by atoms with E-state index in [9.17, 15) is 14.4 Å². The summed E-state index contributed by atoms with van der Waals surface area (Å²) in [6, 6.07) is 18.0. The molecule has 3 amide bonds. The van der Waals surface area contributed by atoms with E-state index >= 15 is 0 Å². The number of para-hydroxylation sites is 1. The molecule has 3 N–H and O–H groups in total. The molecule has 0 unspecified atom stereocenters. The van der Waals surface area contributed by atoms with Gasteiger partial charge in [0.05, 0.1) is 13.2 Å². The van der Waals surface area contributed by atoms with Gasteiger partial charge in [0.2, 0.25) is 0 Å². The maximum absolute atomic E-state index is 12.5. The van der Waals surface area contributed by atoms with Crippen LogP contribution in [0.3, 0.4) is 0 Å². The Hall–Kier alpha value is -3.98. The summed E-state index contributed by atoms with van der Waals surface area (Å²) in [6.45, 7) is 0.545. The van der Waals surface area contributed by atoms with Gasteiger partial charge in [0.1, 0.15) is 5.69 Å². The standard InChI is InChI=1S/C21H21N5O4/c1-30-13-12-26-19(27)11-10-18(25-26)20(28)22-16-8-5-9-17(14-16)24-21(29)23-15-6-3-2-4-7-15/h2-11,14H,12-13H2,1H3,(H,22,28)(H2,23,24,29). The molecule has 0 saturated carbocycles. The number of nitrogens with zero attached hydrogens (tertiary/aromatic N) is 2. The smallest absolute Gasteiger partial charge is 0.323 e. The van der Waals surface area contributed by atoms with Crippen molar-refractivity contribution < 1.29 is 14.3 Å². The van der Waals surface area contributed by atoms with E-state index in [-0.39, 0.29) is 17.8 Å². The number of hydrogen-bond donors (Lipinski definition) is 3. The van der Waals surface area contributed by atoms with Crippen molar-refractivity contribution in [2.45, 2.75) is 6.54 Å². The molecule has 0 aliphatic heterocycles. The molecule has 30 heavy (non-hydrogen) atoms. The lowest BCUT2D eigenvalue weighted by molar-refractivity contribution is 0.101. The Balaban J connectivity index is 1.65. The van der Waals surface area contributed by atoms with E-state index in [4.69, 9.17) is 4.74 Å². The first kappa shape index (κ1) is 20.7. The average Bonchev–Trinajstić information content (AvgIpc) is 2.74. The monoisotopic (exact) mass is 407 g/mol. The van der Waals surface area contributed by atoms with E-state index in [1.807, 2.05) is 18.2 Å². The van der Waals surface area contributed by atoms with Crippen molar-refractivity contribution in [2.24, 2.45) is 0 Å². The van der Waals surface area contributed by atoms with Gasteiger partial charge in [-0.3, -0.25) is 9.59 Å². The predicted molar refractivity (Wildman–Crippen MR) is 114 cm³/mol. The minimum Gasteiger partial charge on any atom is -0.383 e. The van der Waals surface area contributed by atoms with Crippen LogP contribution in [0.25, 0.3) is 0 Å². The number of nitrogens with one attached hydrogen (secondary N) is 3. The molecule has 154 valence electrons. The first-order valence-electron chi connectivity index (χ1n) is 9.17. The van der Waals surface area contributed by atoms with Crippen LogP contribution in [0.15, 0.2) is 71.5 Å². The molecule has 9 heteroatoms. The SMILES string of the molecule is COCCn1nc(C(=O)Nc2cccc(NC(=O)Nc3ccccc3)c2)ccc1=O. The Labute approximate surface area is 172 Å². The van der Waals surface area contributed by atoms with Gasteiger partial charge in [-0.2, -0.15) is 5.10 Å². The lowest BCUT2D eigenvalue weighted by atomic mass is 10.2. The third-order valence-corrected chi connectivity index (χ3v) is 4.02. The van der Waals surface area contributed by atoms with Crippen molar-refractivity contribution in [3.63, 3.8) is 0 Å². The van der Waals surface area contributed by atoms with Gasteiger partial charge in [0.25, 0.3) is 11.5 Å². The summed E-state index contributed by atoms with van der Waals surface area (Å²) in [4.78, 5) is 36.4. The fourth-order valence-corrected chi connectivity index (χ4v) is 2.59. The van der Waals surface area contributed by atoms with Crippen LogP contribution in [-0.4, -0.2) is 35.4 Å². The zero-order chi connectivity index (χ0) is 21.3. The van der Waals surface area contributed by atoms with Crippen molar-refractivity contribution in [2.75, 3.05) is 29.7 Å². The number of carbonyl (C=O) groups is 2. The van der Waals surface area contributed by atoms with Gasteiger partial charge in [0.15, 0.2) is 0 Å². The van der Waals surface area contributed by atoms with E-state index < -0.39 is 11.9 Å². The Morgan fingerprint density at radius 1 is 0.900 bits per heavy atom. The highest BCUT2D eigenvalue weighted by molar-refractivity contribution is 6.04. The van der Waals surface area contributed by atoms with Crippen molar-refractivity contribution in [3.8, 4) is 0 Å². The summed E-state index contributed by atoms with van der Waals surface area (Å²) in [5.74, 6) is -0.480. The minimum absolute atomic E-state index is 0.0888. The van der Waals surface area contributed by atoms with Crippen LogP contribution in [0.1, 0.15) is 10.5 Å².